The Labute approximate surface area is 281 Å². The molecule has 0 aromatic heterocycles. The lowest BCUT2D eigenvalue weighted by Gasteiger charge is -2.21. The van der Waals surface area contributed by atoms with Crippen LogP contribution in [0.2, 0.25) is 25.7 Å². The molecule has 2 aliphatic rings. The molecule has 0 N–H and O–H groups in total. The summed E-state index contributed by atoms with van der Waals surface area (Å²) in [5, 5.41) is 0.699. The molecular formula is C36H56O8SSi. The Hall–Kier alpha value is -2.27. The lowest BCUT2D eigenvalue weighted by molar-refractivity contribution is -0.263. The summed E-state index contributed by atoms with van der Waals surface area (Å²) in [6.45, 7) is 16.9. The number of allylic oxidation sites excluding steroid dienone is 3. The molecule has 0 amide bonds. The maximum absolute atomic E-state index is 13.3. The van der Waals surface area contributed by atoms with Gasteiger partial charge in [0.15, 0.2) is 0 Å². The van der Waals surface area contributed by atoms with Crippen molar-refractivity contribution in [2.45, 2.75) is 97.3 Å². The van der Waals surface area contributed by atoms with Crippen molar-refractivity contribution in [3.05, 3.63) is 46.1 Å². The quantitative estimate of drug-likeness (QED) is 0.0320. The molecule has 4 atom stereocenters. The second-order valence-corrected chi connectivity index (χ2v) is 20.7. The maximum Gasteiger partial charge on any atom is 0.342 e. The number of cyclic esters (lactones) is 1. The van der Waals surface area contributed by atoms with E-state index in [2.05, 4.69) is 44.5 Å². The van der Waals surface area contributed by atoms with Crippen molar-refractivity contribution >= 4 is 31.8 Å². The van der Waals surface area contributed by atoms with Gasteiger partial charge in [0.1, 0.15) is 36.9 Å². The van der Waals surface area contributed by atoms with Crippen LogP contribution in [0.15, 0.2) is 23.8 Å². The Bertz CT molecular complexity index is 1240. The molecule has 1 saturated carbocycles. The number of methoxy groups -OCH3 is 1. The highest BCUT2D eigenvalue weighted by Crippen LogP contribution is 2.47. The molecule has 46 heavy (non-hydrogen) atoms. The number of benzene rings is 1. The first-order valence-electron chi connectivity index (χ1n) is 16.7. The molecule has 0 saturated heterocycles. The van der Waals surface area contributed by atoms with Gasteiger partial charge in [0.25, 0.3) is 0 Å². The highest BCUT2D eigenvalue weighted by molar-refractivity contribution is 8.00. The fraction of sp³-hybridized carbons (Fsp3) is 0.667. The smallest absolute Gasteiger partial charge is 0.342 e. The minimum absolute atomic E-state index is 0.191. The third-order valence-corrected chi connectivity index (χ3v) is 12.0. The lowest BCUT2D eigenvalue weighted by atomic mass is 9.93. The van der Waals surface area contributed by atoms with E-state index < -0.39 is 8.07 Å². The standard InChI is InChI=1S/C36H56O8SSi/c1-10-25(3)29-22-31(29)45-19-17-42-35(37)27(13-11-12-16-44-40-6)21-24(2)14-15-28-33(39-5)26(4)30-23-43-36(38)32(30)34(28)41-18-20-46(7,8)9/h11-12,14,25,27,29,31H,10,13,15-23H2,1-9H3/b12-11+,24-14+. The Morgan fingerprint density at radius 3 is 2.59 bits per heavy atom. The van der Waals surface area contributed by atoms with E-state index in [4.69, 9.17) is 23.8 Å². The van der Waals surface area contributed by atoms with Gasteiger partial charge in [0.2, 0.25) is 0 Å². The molecule has 4 unspecified atom stereocenters. The van der Waals surface area contributed by atoms with Crippen LogP contribution in [0, 0.1) is 24.7 Å². The van der Waals surface area contributed by atoms with E-state index in [0.29, 0.717) is 61.4 Å². The number of thioether (sulfide) groups is 1. The normalized spacial score (nSPS) is 19.2. The number of hydrogen-bond acceptors (Lipinski definition) is 9. The van der Waals surface area contributed by atoms with Gasteiger partial charge in [-0.1, -0.05) is 63.7 Å². The van der Waals surface area contributed by atoms with E-state index in [0.717, 1.165) is 45.9 Å². The van der Waals surface area contributed by atoms with Gasteiger partial charge < -0.3 is 18.9 Å². The van der Waals surface area contributed by atoms with Crippen molar-refractivity contribution in [1.82, 2.24) is 0 Å². The number of rotatable bonds is 21. The molecule has 258 valence electrons. The molecule has 1 aromatic carbocycles. The summed E-state index contributed by atoms with van der Waals surface area (Å²) in [7, 11) is 1.75. The first kappa shape index (κ1) is 38.2. The maximum atomic E-state index is 13.3. The Morgan fingerprint density at radius 1 is 1.15 bits per heavy atom. The van der Waals surface area contributed by atoms with Gasteiger partial charge >= 0.3 is 11.9 Å². The van der Waals surface area contributed by atoms with E-state index in [1.54, 1.807) is 7.11 Å². The number of esters is 2. The first-order chi connectivity index (χ1) is 21.9. The zero-order chi connectivity index (χ0) is 33.9. The summed E-state index contributed by atoms with van der Waals surface area (Å²) in [4.78, 5) is 35.7. The second kappa shape index (κ2) is 18.3. The first-order valence-corrected chi connectivity index (χ1v) is 21.4. The van der Waals surface area contributed by atoms with Crippen molar-refractivity contribution in [2.75, 3.05) is 39.8 Å². The van der Waals surface area contributed by atoms with E-state index in [-0.39, 0.29) is 24.5 Å². The molecule has 1 aromatic rings. The number of carbonyl (C=O) groups is 2. The van der Waals surface area contributed by atoms with E-state index in [1.165, 1.54) is 20.0 Å². The second-order valence-electron chi connectivity index (χ2n) is 13.7. The van der Waals surface area contributed by atoms with Crippen molar-refractivity contribution in [3.63, 3.8) is 0 Å². The fourth-order valence-corrected chi connectivity index (χ4v) is 7.89. The van der Waals surface area contributed by atoms with Crippen LogP contribution in [-0.4, -0.2) is 65.1 Å². The molecule has 0 bridgehead atoms. The number of fused-ring (bicyclic) bond motifs is 1. The minimum Gasteiger partial charge on any atom is -0.496 e. The van der Waals surface area contributed by atoms with Gasteiger partial charge in [0, 0.05) is 30.2 Å². The highest BCUT2D eigenvalue weighted by atomic mass is 32.2. The summed E-state index contributed by atoms with van der Waals surface area (Å²) < 4.78 is 23.5. The SMILES string of the molecule is CCC(C)C1CC1SCCOC(=O)C(C/C=C/COOC)C/C(C)=C/Cc1c(OC)c(C)c2c(c1OCC[Si](C)(C)C)C(=O)OC2. The average molecular weight is 677 g/mol. The largest absolute Gasteiger partial charge is 0.496 e. The Morgan fingerprint density at radius 2 is 1.91 bits per heavy atom. The summed E-state index contributed by atoms with van der Waals surface area (Å²) in [5.41, 5.74) is 4.11. The van der Waals surface area contributed by atoms with Gasteiger partial charge in [-0.3, -0.25) is 4.79 Å². The zero-order valence-electron chi connectivity index (χ0n) is 29.5. The van der Waals surface area contributed by atoms with Crippen molar-refractivity contribution in [3.8, 4) is 11.5 Å². The molecular weight excluding hydrogens is 621 g/mol. The van der Waals surface area contributed by atoms with Crippen LogP contribution >= 0.6 is 11.8 Å². The summed E-state index contributed by atoms with van der Waals surface area (Å²) in [5.74, 6) is 2.78. The van der Waals surface area contributed by atoms with Crippen LogP contribution < -0.4 is 9.47 Å². The Balaban J connectivity index is 1.74. The monoisotopic (exact) mass is 676 g/mol. The molecule has 1 aliphatic heterocycles. The van der Waals surface area contributed by atoms with Crippen LogP contribution in [0.3, 0.4) is 0 Å². The third kappa shape index (κ3) is 11.2. The van der Waals surface area contributed by atoms with Crippen LogP contribution in [0.4, 0.5) is 0 Å². The molecule has 1 aliphatic carbocycles. The van der Waals surface area contributed by atoms with Crippen molar-refractivity contribution in [2.24, 2.45) is 17.8 Å². The molecule has 1 heterocycles. The van der Waals surface area contributed by atoms with Crippen LogP contribution in [0.25, 0.3) is 0 Å². The summed E-state index contributed by atoms with van der Waals surface area (Å²) >= 11 is 1.93. The number of carbonyl (C=O) groups excluding carboxylic acids is 2. The van der Waals surface area contributed by atoms with Gasteiger partial charge in [-0.2, -0.15) is 11.8 Å². The molecule has 0 radical (unpaired) electrons. The predicted octanol–water partition coefficient (Wildman–Crippen LogP) is 8.12. The lowest BCUT2D eigenvalue weighted by Crippen LogP contribution is -2.23. The van der Waals surface area contributed by atoms with Crippen LogP contribution in [0.5, 0.6) is 11.5 Å². The fourth-order valence-electron chi connectivity index (χ4n) is 5.82. The third-order valence-electron chi connectivity index (χ3n) is 8.96. The summed E-state index contributed by atoms with van der Waals surface area (Å²) in [6, 6.07) is 0.964. The molecule has 8 nitrogen and oxygen atoms in total. The van der Waals surface area contributed by atoms with Crippen LogP contribution in [0.1, 0.15) is 73.5 Å². The topological polar surface area (TPSA) is 89.5 Å². The van der Waals surface area contributed by atoms with Gasteiger partial charge in [-0.15, -0.1) is 0 Å². The molecule has 0 spiro atoms. The Kier molecular flexibility index (Phi) is 15.2. The molecule has 10 heteroatoms. The highest BCUT2D eigenvalue weighted by Gasteiger charge is 2.40. The van der Waals surface area contributed by atoms with Gasteiger partial charge in [-0.25, -0.2) is 14.6 Å². The van der Waals surface area contributed by atoms with Gasteiger partial charge in [-0.05, 0) is 63.0 Å². The van der Waals surface area contributed by atoms with Crippen molar-refractivity contribution < 1.29 is 38.3 Å². The average Bonchev–Trinajstić information content (AvgIpc) is 3.69. The minimum atomic E-state index is -1.36. The number of ether oxygens (including phenoxy) is 4. The van der Waals surface area contributed by atoms with Gasteiger partial charge in [0.05, 0.1) is 26.7 Å². The molecule has 1 fully saturated rings. The van der Waals surface area contributed by atoms with E-state index >= 15 is 0 Å². The zero-order valence-corrected chi connectivity index (χ0v) is 31.3. The van der Waals surface area contributed by atoms with E-state index in [9.17, 15) is 9.59 Å². The summed E-state index contributed by atoms with van der Waals surface area (Å²) in [6.07, 6.45) is 9.95. The molecule has 3 rings (SSSR count). The number of hydrogen-bond donors (Lipinski definition) is 0. The predicted molar refractivity (Wildman–Crippen MR) is 188 cm³/mol. The van der Waals surface area contributed by atoms with Crippen molar-refractivity contribution in [1.29, 1.82) is 0 Å². The van der Waals surface area contributed by atoms with Crippen LogP contribution in [-0.2, 0) is 37.1 Å². The van der Waals surface area contributed by atoms with E-state index in [1.807, 2.05) is 37.8 Å².